The van der Waals surface area contributed by atoms with Crippen LogP contribution in [-0.2, 0) is 17.6 Å². The maximum Gasteiger partial charge on any atom is 0.229 e. The number of H-pyrrole nitrogens is 1. The van der Waals surface area contributed by atoms with Crippen molar-refractivity contribution in [2.45, 2.75) is 32.6 Å². The van der Waals surface area contributed by atoms with Gasteiger partial charge in [0.05, 0.1) is 0 Å². The van der Waals surface area contributed by atoms with Crippen molar-refractivity contribution in [2.24, 2.45) is 5.92 Å². The molecular weight excluding hydrogens is 250 g/mol. The molecule has 0 unspecified atom stereocenters. The topological polar surface area (TPSA) is 57.8 Å². The standard InChI is InChI=1S/C16H19N3O/c1-10(2)14-9-15(19-18-14)17-16(20)13-7-11-5-3-4-6-12(11)8-13/h3-6,9-10,13H,7-8H2,1-2H3,(H2,17,18,19,20). The van der Waals surface area contributed by atoms with E-state index in [-0.39, 0.29) is 11.8 Å². The molecular formula is C16H19N3O. The summed E-state index contributed by atoms with van der Waals surface area (Å²) in [5.74, 6) is 1.08. The van der Waals surface area contributed by atoms with Crippen LogP contribution >= 0.6 is 0 Å². The summed E-state index contributed by atoms with van der Waals surface area (Å²) in [6.07, 6.45) is 1.65. The number of aromatic nitrogens is 2. The number of hydrogen-bond donors (Lipinski definition) is 2. The minimum Gasteiger partial charge on any atom is -0.309 e. The predicted octanol–water partition coefficient (Wildman–Crippen LogP) is 2.89. The molecule has 1 aromatic carbocycles. The van der Waals surface area contributed by atoms with E-state index >= 15 is 0 Å². The summed E-state index contributed by atoms with van der Waals surface area (Å²) in [6, 6.07) is 10.2. The fraction of sp³-hybridized carbons (Fsp3) is 0.375. The van der Waals surface area contributed by atoms with Gasteiger partial charge in [-0.15, -0.1) is 0 Å². The first-order valence-electron chi connectivity index (χ1n) is 7.06. The molecule has 1 heterocycles. The molecule has 1 aromatic heterocycles. The summed E-state index contributed by atoms with van der Waals surface area (Å²) in [6.45, 7) is 4.18. The highest BCUT2D eigenvalue weighted by molar-refractivity contribution is 5.92. The molecule has 0 atom stereocenters. The first-order chi connectivity index (χ1) is 9.63. The quantitative estimate of drug-likeness (QED) is 0.900. The lowest BCUT2D eigenvalue weighted by molar-refractivity contribution is -0.119. The second-order valence-corrected chi connectivity index (χ2v) is 5.73. The van der Waals surface area contributed by atoms with Crippen molar-refractivity contribution in [3.8, 4) is 0 Å². The van der Waals surface area contributed by atoms with Gasteiger partial charge >= 0.3 is 0 Å². The normalized spacial score (nSPS) is 14.6. The van der Waals surface area contributed by atoms with E-state index < -0.39 is 0 Å². The Morgan fingerprint density at radius 1 is 1.30 bits per heavy atom. The van der Waals surface area contributed by atoms with E-state index in [1.807, 2.05) is 18.2 Å². The number of nitrogens with one attached hydrogen (secondary N) is 2. The van der Waals surface area contributed by atoms with Crippen molar-refractivity contribution in [3.05, 3.63) is 47.2 Å². The van der Waals surface area contributed by atoms with Gasteiger partial charge in [0, 0.05) is 17.7 Å². The van der Waals surface area contributed by atoms with Crippen LogP contribution in [0.1, 0.15) is 36.6 Å². The summed E-state index contributed by atoms with van der Waals surface area (Å²) in [4.78, 5) is 12.3. The Kier molecular flexibility index (Phi) is 3.30. The Bertz CT molecular complexity index is 605. The average Bonchev–Trinajstić information content (AvgIpc) is 3.04. The molecule has 1 amide bonds. The third kappa shape index (κ3) is 2.46. The second-order valence-electron chi connectivity index (χ2n) is 5.73. The molecule has 4 heteroatoms. The number of amides is 1. The summed E-state index contributed by atoms with van der Waals surface area (Å²) in [5.41, 5.74) is 3.62. The van der Waals surface area contributed by atoms with Gasteiger partial charge in [0.15, 0.2) is 5.82 Å². The molecule has 104 valence electrons. The third-order valence-corrected chi connectivity index (χ3v) is 3.89. The fourth-order valence-corrected chi connectivity index (χ4v) is 2.67. The third-order valence-electron chi connectivity index (χ3n) is 3.89. The molecule has 0 radical (unpaired) electrons. The van der Waals surface area contributed by atoms with Crippen molar-refractivity contribution in [1.29, 1.82) is 0 Å². The van der Waals surface area contributed by atoms with Gasteiger partial charge in [-0.2, -0.15) is 5.10 Å². The molecule has 0 saturated carbocycles. The van der Waals surface area contributed by atoms with Crippen LogP contribution in [0.15, 0.2) is 30.3 Å². The molecule has 0 aliphatic heterocycles. The van der Waals surface area contributed by atoms with Crippen LogP contribution in [0, 0.1) is 5.92 Å². The van der Waals surface area contributed by atoms with E-state index in [2.05, 4.69) is 41.5 Å². The number of anilines is 1. The van der Waals surface area contributed by atoms with Crippen LogP contribution in [-0.4, -0.2) is 16.1 Å². The number of aromatic amines is 1. The highest BCUT2D eigenvalue weighted by Gasteiger charge is 2.27. The maximum atomic E-state index is 12.3. The number of hydrogen-bond acceptors (Lipinski definition) is 2. The largest absolute Gasteiger partial charge is 0.309 e. The van der Waals surface area contributed by atoms with Crippen molar-refractivity contribution in [2.75, 3.05) is 5.32 Å². The van der Waals surface area contributed by atoms with E-state index in [9.17, 15) is 4.79 Å². The summed E-state index contributed by atoms with van der Waals surface area (Å²) < 4.78 is 0. The van der Waals surface area contributed by atoms with E-state index in [0.717, 1.165) is 18.5 Å². The lowest BCUT2D eigenvalue weighted by Gasteiger charge is -2.07. The van der Waals surface area contributed by atoms with E-state index in [0.29, 0.717) is 11.7 Å². The minimum atomic E-state index is 0.0200. The van der Waals surface area contributed by atoms with Gasteiger partial charge in [-0.3, -0.25) is 9.89 Å². The van der Waals surface area contributed by atoms with Crippen LogP contribution in [0.4, 0.5) is 5.82 Å². The summed E-state index contributed by atoms with van der Waals surface area (Å²) in [7, 11) is 0. The van der Waals surface area contributed by atoms with Crippen molar-refractivity contribution in [1.82, 2.24) is 10.2 Å². The van der Waals surface area contributed by atoms with Crippen molar-refractivity contribution in [3.63, 3.8) is 0 Å². The Morgan fingerprint density at radius 2 is 1.95 bits per heavy atom. The molecule has 4 nitrogen and oxygen atoms in total. The Labute approximate surface area is 118 Å². The molecule has 0 saturated heterocycles. The zero-order valence-electron chi connectivity index (χ0n) is 11.8. The molecule has 0 bridgehead atoms. The Hall–Kier alpha value is -2.10. The predicted molar refractivity (Wildman–Crippen MR) is 78.6 cm³/mol. The number of carbonyl (C=O) groups excluding carboxylic acids is 1. The number of nitrogens with zero attached hydrogens (tertiary/aromatic N) is 1. The van der Waals surface area contributed by atoms with Crippen LogP contribution in [0.3, 0.4) is 0 Å². The second kappa shape index (κ2) is 5.12. The van der Waals surface area contributed by atoms with Crippen LogP contribution in [0.25, 0.3) is 0 Å². The Morgan fingerprint density at radius 3 is 2.50 bits per heavy atom. The van der Waals surface area contributed by atoms with E-state index in [1.54, 1.807) is 0 Å². The first-order valence-corrected chi connectivity index (χ1v) is 7.06. The smallest absolute Gasteiger partial charge is 0.229 e. The monoisotopic (exact) mass is 269 g/mol. The molecule has 1 aliphatic carbocycles. The van der Waals surface area contributed by atoms with Gasteiger partial charge in [-0.1, -0.05) is 38.1 Å². The number of carbonyl (C=O) groups is 1. The zero-order valence-corrected chi connectivity index (χ0v) is 11.8. The highest BCUT2D eigenvalue weighted by Crippen LogP contribution is 2.27. The number of benzene rings is 1. The van der Waals surface area contributed by atoms with Crippen LogP contribution in [0.2, 0.25) is 0 Å². The SMILES string of the molecule is CC(C)c1cc(NC(=O)C2Cc3ccccc3C2)n[nH]1. The van der Waals surface area contributed by atoms with Crippen molar-refractivity contribution >= 4 is 11.7 Å². The molecule has 20 heavy (non-hydrogen) atoms. The molecule has 1 aliphatic rings. The first kappa shape index (κ1) is 12.9. The molecule has 2 aromatic rings. The molecule has 0 fully saturated rings. The fourth-order valence-electron chi connectivity index (χ4n) is 2.67. The van der Waals surface area contributed by atoms with Gasteiger partial charge < -0.3 is 5.32 Å². The van der Waals surface area contributed by atoms with Gasteiger partial charge in [-0.25, -0.2) is 0 Å². The Balaban J connectivity index is 1.66. The molecule has 3 rings (SSSR count). The van der Waals surface area contributed by atoms with Gasteiger partial charge in [0.2, 0.25) is 5.91 Å². The summed E-state index contributed by atoms with van der Waals surface area (Å²) >= 11 is 0. The average molecular weight is 269 g/mol. The van der Waals surface area contributed by atoms with Gasteiger partial charge in [0.25, 0.3) is 0 Å². The van der Waals surface area contributed by atoms with Gasteiger partial charge in [0.1, 0.15) is 0 Å². The van der Waals surface area contributed by atoms with Crippen LogP contribution < -0.4 is 5.32 Å². The molecule has 2 N–H and O–H groups in total. The number of fused-ring (bicyclic) bond motifs is 1. The van der Waals surface area contributed by atoms with Crippen LogP contribution in [0.5, 0.6) is 0 Å². The van der Waals surface area contributed by atoms with E-state index in [1.165, 1.54) is 11.1 Å². The van der Waals surface area contributed by atoms with Gasteiger partial charge in [-0.05, 0) is 29.9 Å². The number of rotatable bonds is 3. The maximum absolute atomic E-state index is 12.3. The highest BCUT2D eigenvalue weighted by atomic mass is 16.2. The lowest BCUT2D eigenvalue weighted by Crippen LogP contribution is -2.23. The minimum absolute atomic E-state index is 0.0200. The molecule has 0 spiro atoms. The summed E-state index contributed by atoms with van der Waals surface area (Å²) in [5, 5.41) is 10.0. The lowest BCUT2D eigenvalue weighted by atomic mass is 10.1. The van der Waals surface area contributed by atoms with Crippen molar-refractivity contribution < 1.29 is 4.79 Å². The zero-order chi connectivity index (χ0) is 14.1. The van der Waals surface area contributed by atoms with E-state index in [4.69, 9.17) is 0 Å².